The van der Waals surface area contributed by atoms with E-state index in [1.807, 2.05) is 11.8 Å². The first-order valence-corrected chi connectivity index (χ1v) is 8.98. The van der Waals surface area contributed by atoms with Gasteiger partial charge in [0.05, 0.1) is 19.4 Å². The van der Waals surface area contributed by atoms with Crippen molar-refractivity contribution in [2.45, 2.75) is 39.5 Å². The number of ether oxygens (including phenoxy) is 1. The van der Waals surface area contributed by atoms with Gasteiger partial charge in [0, 0.05) is 30.1 Å². The highest BCUT2D eigenvalue weighted by Crippen LogP contribution is 2.28. The zero-order chi connectivity index (χ0) is 18.3. The fourth-order valence-corrected chi connectivity index (χ4v) is 3.59. The van der Waals surface area contributed by atoms with Crippen molar-refractivity contribution in [3.05, 3.63) is 51.7 Å². The Morgan fingerprint density at radius 3 is 2.69 bits per heavy atom. The summed E-state index contributed by atoms with van der Waals surface area (Å²) in [6.07, 6.45) is 2.32. The Morgan fingerprint density at radius 1 is 1.23 bits per heavy atom. The van der Waals surface area contributed by atoms with Crippen molar-refractivity contribution in [1.82, 2.24) is 14.5 Å². The molecule has 2 aromatic rings. The van der Waals surface area contributed by atoms with Crippen LogP contribution in [0.5, 0.6) is 0 Å². The molecule has 3 heterocycles. The molecule has 7 heteroatoms. The van der Waals surface area contributed by atoms with Crippen LogP contribution in [0.1, 0.15) is 24.1 Å². The van der Waals surface area contributed by atoms with E-state index in [9.17, 15) is 9.18 Å². The molecule has 1 atom stereocenters. The van der Waals surface area contributed by atoms with E-state index < -0.39 is 0 Å². The van der Waals surface area contributed by atoms with Gasteiger partial charge in [0.1, 0.15) is 5.82 Å². The molecule has 1 fully saturated rings. The molecule has 1 aromatic carbocycles. The molecule has 26 heavy (non-hydrogen) atoms. The maximum absolute atomic E-state index is 13.4. The molecule has 1 saturated heterocycles. The van der Waals surface area contributed by atoms with Gasteiger partial charge in [-0.05, 0) is 51.0 Å². The van der Waals surface area contributed by atoms with Gasteiger partial charge in [-0.15, -0.1) is 0 Å². The van der Waals surface area contributed by atoms with Gasteiger partial charge < -0.3 is 4.74 Å². The van der Waals surface area contributed by atoms with Crippen molar-refractivity contribution in [2.75, 3.05) is 24.7 Å². The Balaban J connectivity index is 1.74. The van der Waals surface area contributed by atoms with Gasteiger partial charge in [0.15, 0.2) is 0 Å². The molecule has 0 spiro atoms. The summed E-state index contributed by atoms with van der Waals surface area (Å²) >= 11 is 0. The van der Waals surface area contributed by atoms with E-state index in [4.69, 9.17) is 4.74 Å². The first kappa shape index (κ1) is 17.2. The summed E-state index contributed by atoms with van der Waals surface area (Å²) in [5.41, 5.74) is 2.16. The predicted molar refractivity (Wildman–Crippen MR) is 97.1 cm³/mol. The maximum atomic E-state index is 13.4. The number of aromatic nitrogens is 2. The third kappa shape index (κ3) is 3.12. The van der Waals surface area contributed by atoms with E-state index in [2.05, 4.69) is 9.88 Å². The van der Waals surface area contributed by atoms with Gasteiger partial charge in [-0.3, -0.25) is 19.2 Å². The first-order valence-electron chi connectivity index (χ1n) is 8.98. The number of aryl methyl sites for hydroxylation is 1. The summed E-state index contributed by atoms with van der Waals surface area (Å²) < 4.78 is 20.8. The quantitative estimate of drug-likeness (QED) is 0.844. The smallest absolute Gasteiger partial charge is 0.259 e. The molecule has 0 bridgehead atoms. The monoisotopic (exact) mass is 358 g/mol. The van der Waals surface area contributed by atoms with Crippen LogP contribution in [-0.4, -0.2) is 40.4 Å². The van der Waals surface area contributed by atoms with Crippen molar-refractivity contribution in [3.8, 4) is 0 Å². The molecule has 0 saturated carbocycles. The van der Waals surface area contributed by atoms with Gasteiger partial charge in [-0.25, -0.2) is 9.37 Å². The lowest BCUT2D eigenvalue weighted by Crippen LogP contribution is -2.49. The number of fused-ring (bicyclic) bond motifs is 1. The summed E-state index contributed by atoms with van der Waals surface area (Å²) in [5.74, 6) is 0.320. The van der Waals surface area contributed by atoms with Gasteiger partial charge in [0.2, 0.25) is 5.95 Å². The minimum absolute atomic E-state index is 0.0309. The fourth-order valence-electron chi connectivity index (χ4n) is 3.59. The van der Waals surface area contributed by atoms with Crippen molar-refractivity contribution < 1.29 is 9.13 Å². The van der Waals surface area contributed by atoms with E-state index in [-0.39, 0.29) is 17.5 Å². The fraction of sp³-hybridized carbons (Fsp3) is 0.474. The molecule has 0 amide bonds. The Kier molecular flexibility index (Phi) is 4.50. The average molecular weight is 358 g/mol. The second-order valence-electron chi connectivity index (χ2n) is 7.03. The number of anilines is 2. The summed E-state index contributed by atoms with van der Waals surface area (Å²) in [6, 6.07) is 6.29. The molecule has 1 aromatic heterocycles. The predicted octanol–water partition coefficient (Wildman–Crippen LogP) is 2.55. The van der Waals surface area contributed by atoms with Crippen LogP contribution >= 0.6 is 0 Å². The number of benzene rings is 1. The summed E-state index contributed by atoms with van der Waals surface area (Å²) in [6.45, 7) is 6.28. The van der Waals surface area contributed by atoms with Crippen LogP contribution in [-0.2, 0) is 11.4 Å². The molecule has 0 aliphatic carbocycles. The van der Waals surface area contributed by atoms with Gasteiger partial charge in [-0.2, -0.15) is 0 Å². The van der Waals surface area contributed by atoms with Gasteiger partial charge in [-0.1, -0.05) is 0 Å². The molecule has 0 unspecified atom stereocenters. The van der Waals surface area contributed by atoms with Gasteiger partial charge in [0.25, 0.3) is 5.56 Å². The van der Waals surface area contributed by atoms with Crippen LogP contribution in [0.3, 0.4) is 0 Å². The largest absolute Gasteiger partial charge is 0.377 e. The van der Waals surface area contributed by atoms with Crippen LogP contribution in [0.25, 0.3) is 0 Å². The lowest BCUT2D eigenvalue weighted by atomic mass is 10.2. The van der Waals surface area contributed by atoms with Crippen LogP contribution in [0.2, 0.25) is 0 Å². The Labute approximate surface area is 151 Å². The molecule has 138 valence electrons. The molecule has 2 aliphatic heterocycles. The van der Waals surface area contributed by atoms with E-state index in [0.29, 0.717) is 24.8 Å². The molecule has 0 N–H and O–H groups in total. The van der Waals surface area contributed by atoms with E-state index in [1.165, 1.54) is 12.1 Å². The SMILES string of the molecule is Cc1nc2n(c(=O)c1C)CN(C[C@@H]1CCCO1)CN2c1ccc(F)cc1. The number of halogens is 1. The Hall–Kier alpha value is -2.25. The standard InChI is InChI=1S/C19H23FN4O2/c1-13-14(2)21-19-23(16-7-5-15(20)6-8-16)11-22(12-24(19)18(13)25)10-17-4-3-9-26-17/h5-8,17H,3-4,9-12H2,1-2H3/t17-/m0/s1. The van der Waals surface area contributed by atoms with Crippen molar-refractivity contribution in [3.63, 3.8) is 0 Å². The second kappa shape index (κ2) is 6.81. The van der Waals surface area contributed by atoms with Crippen molar-refractivity contribution in [1.29, 1.82) is 0 Å². The molecule has 4 rings (SSSR count). The zero-order valence-electron chi connectivity index (χ0n) is 15.1. The summed E-state index contributed by atoms with van der Waals surface area (Å²) in [7, 11) is 0. The summed E-state index contributed by atoms with van der Waals surface area (Å²) in [4.78, 5) is 21.6. The highest BCUT2D eigenvalue weighted by Gasteiger charge is 2.29. The number of rotatable bonds is 3. The van der Waals surface area contributed by atoms with Crippen LogP contribution in [0.4, 0.5) is 16.0 Å². The molecule has 0 radical (unpaired) electrons. The summed E-state index contributed by atoms with van der Waals surface area (Å²) in [5, 5.41) is 0. The minimum Gasteiger partial charge on any atom is -0.377 e. The first-order chi connectivity index (χ1) is 12.5. The topological polar surface area (TPSA) is 50.6 Å². The lowest BCUT2D eigenvalue weighted by Gasteiger charge is -2.39. The molecular formula is C19H23FN4O2. The van der Waals surface area contributed by atoms with Crippen molar-refractivity contribution >= 4 is 11.6 Å². The third-order valence-electron chi connectivity index (χ3n) is 5.17. The van der Waals surface area contributed by atoms with Crippen LogP contribution in [0.15, 0.2) is 29.1 Å². The average Bonchev–Trinajstić information content (AvgIpc) is 3.14. The number of hydrogen-bond acceptors (Lipinski definition) is 5. The Bertz CT molecular complexity index is 859. The Morgan fingerprint density at radius 2 is 2.00 bits per heavy atom. The third-order valence-corrected chi connectivity index (χ3v) is 5.17. The number of nitrogens with zero attached hydrogens (tertiary/aromatic N) is 4. The van der Waals surface area contributed by atoms with Gasteiger partial charge >= 0.3 is 0 Å². The van der Waals surface area contributed by atoms with Crippen molar-refractivity contribution in [2.24, 2.45) is 0 Å². The lowest BCUT2D eigenvalue weighted by molar-refractivity contribution is 0.0584. The van der Waals surface area contributed by atoms with E-state index in [1.54, 1.807) is 23.6 Å². The van der Waals surface area contributed by atoms with E-state index >= 15 is 0 Å². The second-order valence-corrected chi connectivity index (χ2v) is 7.03. The number of hydrogen-bond donors (Lipinski definition) is 0. The maximum Gasteiger partial charge on any atom is 0.259 e. The zero-order valence-corrected chi connectivity index (χ0v) is 15.1. The van der Waals surface area contributed by atoms with Crippen LogP contribution in [0, 0.1) is 19.7 Å². The normalized spacial score (nSPS) is 20.4. The molecular weight excluding hydrogens is 335 g/mol. The highest BCUT2D eigenvalue weighted by atomic mass is 19.1. The van der Waals surface area contributed by atoms with Crippen LogP contribution < -0.4 is 10.5 Å². The highest BCUT2D eigenvalue weighted by molar-refractivity contribution is 5.58. The molecule has 6 nitrogen and oxygen atoms in total. The molecule has 2 aliphatic rings. The van der Waals surface area contributed by atoms with E-state index in [0.717, 1.165) is 37.4 Å². The minimum atomic E-state index is -0.285.